The molecule has 0 aliphatic heterocycles. The Kier molecular flexibility index (Phi) is 3.68. The molecule has 1 aliphatic carbocycles. The molecule has 2 N–H and O–H groups in total. The number of hydrogen-bond acceptors (Lipinski definition) is 2. The monoisotopic (exact) mass is 226 g/mol. The Bertz CT molecular complexity index is 275. The van der Waals surface area contributed by atoms with E-state index < -0.39 is 0 Å². The molecule has 2 atom stereocenters. The molecular formula is C13H26N2O. The summed E-state index contributed by atoms with van der Waals surface area (Å²) in [6.45, 7) is 9.93. The first-order valence-electron chi connectivity index (χ1n) is 6.21. The zero-order valence-electron chi connectivity index (χ0n) is 11.3. The van der Waals surface area contributed by atoms with Crippen molar-refractivity contribution in [3.8, 4) is 0 Å². The van der Waals surface area contributed by atoms with Gasteiger partial charge in [-0.25, -0.2) is 0 Å². The van der Waals surface area contributed by atoms with Gasteiger partial charge in [-0.05, 0) is 30.2 Å². The maximum absolute atomic E-state index is 12.2. The second kappa shape index (κ2) is 4.36. The predicted molar refractivity (Wildman–Crippen MR) is 67.0 cm³/mol. The molecule has 0 heterocycles. The second-order valence-electron chi connectivity index (χ2n) is 6.33. The van der Waals surface area contributed by atoms with E-state index in [1.807, 2.05) is 11.9 Å². The van der Waals surface area contributed by atoms with Crippen molar-refractivity contribution in [3.63, 3.8) is 0 Å². The van der Waals surface area contributed by atoms with Crippen LogP contribution in [0.2, 0.25) is 0 Å². The zero-order chi connectivity index (χ0) is 12.6. The van der Waals surface area contributed by atoms with E-state index in [1.54, 1.807) is 0 Å². The van der Waals surface area contributed by atoms with Crippen LogP contribution < -0.4 is 5.73 Å². The summed E-state index contributed by atoms with van der Waals surface area (Å²) in [4.78, 5) is 14.0. The van der Waals surface area contributed by atoms with Crippen LogP contribution in [0.4, 0.5) is 0 Å². The number of hydrogen-bond donors (Lipinski definition) is 1. The maximum atomic E-state index is 12.2. The van der Waals surface area contributed by atoms with E-state index in [4.69, 9.17) is 5.73 Å². The molecular weight excluding hydrogens is 200 g/mol. The molecule has 3 heteroatoms. The minimum absolute atomic E-state index is 0.0158. The van der Waals surface area contributed by atoms with Crippen molar-refractivity contribution in [2.45, 2.75) is 40.5 Å². The van der Waals surface area contributed by atoms with E-state index in [0.29, 0.717) is 12.5 Å². The van der Waals surface area contributed by atoms with Crippen LogP contribution in [0.25, 0.3) is 0 Å². The van der Waals surface area contributed by atoms with Gasteiger partial charge in [0.1, 0.15) is 0 Å². The molecule has 3 nitrogen and oxygen atoms in total. The van der Waals surface area contributed by atoms with Crippen LogP contribution in [-0.4, -0.2) is 30.9 Å². The number of nitrogens with zero attached hydrogens (tertiary/aromatic N) is 1. The summed E-state index contributed by atoms with van der Waals surface area (Å²) in [6, 6.07) is 0. The molecule has 0 aromatic carbocycles. The molecule has 0 aromatic rings. The Hall–Kier alpha value is -0.570. The summed E-state index contributed by atoms with van der Waals surface area (Å²) in [5, 5.41) is 0. The summed E-state index contributed by atoms with van der Waals surface area (Å²) in [5.74, 6) is 0.543. The van der Waals surface area contributed by atoms with Crippen molar-refractivity contribution in [1.82, 2.24) is 4.90 Å². The molecule has 0 radical (unpaired) electrons. The third-order valence-electron chi connectivity index (χ3n) is 4.05. The Morgan fingerprint density at radius 2 is 2.12 bits per heavy atom. The van der Waals surface area contributed by atoms with Crippen molar-refractivity contribution in [3.05, 3.63) is 0 Å². The third kappa shape index (κ3) is 2.76. The fourth-order valence-corrected chi connectivity index (χ4v) is 2.23. The third-order valence-corrected chi connectivity index (χ3v) is 4.05. The van der Waals surface area contributed by atoms with E-state index in [1.165, 1.54) is 0 Å². The van der Waals surface area contributed by atoms with Gasteiger partial charge in [0.15, 0.2) is 0 Å². The summed E-state index contributed by atoms with van der Waals surface area (Å²) < 4.78 is 0. The lowest BCUT2D eigenvalue weighted by molar-refractivity contribution is -0.133. The fourth-order valence-electron chi connectivity index (χ4n) is 2.23. The van der Waals surface area contributed by atoms with Crippen molar-refractivity contribution >= 4 is 5.91 Å². The van der Waals surface area contributed by atoms with Gasteiger partial charge in [0.25, 0.3) is 0 Å². The normalized spacial score (nSPS) is 29.0. The Morgan fingerprint density at radius 1 is 1.56 bits per heavy atom. The van der Waals surface area contributed by atoms with E-state index in [9.17, 15) is 4.79 Å². The van der Waals surface area contributed by atoms with Crippen LogP contribution in [0, 0.1) is 16.7 Å². The minimum atomic E-state index is 0.0158. The van der Waals surface area contributed by atoms with Crippen LogP contribution in [0.3, 0.4) is 0 Å². The zero-order valence-corrected chi connectivity index (χ0v) is 11.3. The van der Waals surface area contributed by atoms with Crippen LogP contribution in [-0.2, 0) is 4.79 Å². The average molecular weight is 226 g/mol. The SMILES string of the molecule is CCC1(C)CC1C(=O)N(C)CC(C)(C)CN. The van der Waals surface area contributed by atoms with Crippen LogP contribution in [0.1, 0.15) is 40.5 Å². The van der Waals surface area contributed by atoms with Gasteiger partial charge < -0.3 is 10.6 Å². The topological polar surface area (TPSA) is 46.3 Å². The lowest BCUT2D eigenvalue weighted by Gasteiger charge is -2.29. The largest absolute Gasteiger partial charge is 0.345 e. The molecule has 1 aliphatic rings. The highest BCUT2D eigenvalue weighted by Crippen LogP contribution is 2.55. The lowest BCUT2D eigenvalue weighted by Crippen LogP contribution is -2.40. The van der Waals surface area contributed by atoms with E-state index in [0.717, 1.165) is 19.4 Å². The number of carbonyl (C=O) groups is 1. The highest BCUT2D eigenvalue weighted by molar-refractivity contribution is 5.82. The Balaban J connectivity index is 2.51. The molecule has 2 unspecified atom stereocenters. The molecule has 1 saturated carbocycles. The van der Waals surface area contributed by atoms with Gasteiger partial charge in [0, 0.05) is 19.5 Å². The number of rotatable bonds is 5. The van der Waals surface area contributed by atoms with Gasteiger partial charge in [-0.1, -0.05) is 27.7 Å². The Labute approximate surface area is 99.4 Å². The van der Waals surface area contributed by atoms with E-state index in [2.05, 4.69) is 27.7 Å². The van der Waals surface area contributed by atoms with Crippen molar-refractivity contribution in [2.24, 2.45) is 22.5 Å². The minimum Gasteiger partial charge on any atom is -0.345 e. The molecule has 16 heavy (non-hydrogen) atoms. The molecule has 1 amide bonds. The van der Waals surface area contributed by atoms with Gasteiger partial charge in [-0.15, -0.1) is 0 Å². The van der Waals surface area contributed by atoms with Crippen molar-refractivity contribution in [1.29, 1.82) is 0 Å². The Morgan fingerprint density at radius 3 is 2.50 bits per heavy atom. The van der Waals surface area contributed by atoms with Gasteiger partial charge in [0.2, 0.25) is 5.91 Å². The highest BCUT2D eigenvalue weighted by Gasteiger charge is 2.53. The van der Waals surface area contributed by atoms with Gasteiger partial charge in [-0.3, -0.25) is 4.79 Å². The van der Waals surface area contributed by atoms with Gasteiger partial charge >= 0.3 is 0 Å². The maximum Gasteiger partial charge on any atom is 0.226 e. The molecule has 94 valence electrons. The first kappa shape index (κ1) is 13.5. The molecule has 0 spiro atoms. The number of amides is 1. The second-order valence-corrected chi connectivity index (χ2v) is 6.33. The molecule has 1 fully saturated rings. The average Bonchev–Trinajstić information content (AvgIpc) is 2.90. The van der Waals surface area contributed by atoms with Crippen molar-refractivity contribution < 1.29 is 4.79 Å². The molecule has 0 bridgehead atoms. The van der Waals surface area contributed by atoms with Crippen molar-refractivity contribution in [2.75, 3.05) is 20.1 Å². The van der Waals surface area contributed by atoms with Crippen LogP contribution >= 0.6 is 0 Å². The summed E-state index contributed by atoms with van der Waals surface area (Å²) >= 11 is 0. The summed E-state index contributed by atoms with van der Waals surface area (Å²) in [6.07, 6.45) is 2.15. The smallest absolute Gasteiger partial charge is 0.226 e. The first-order valence-corrected chi connectivity index (χ1v) is 6.21. The van der Waals surface area contributed by atoms with Gasteiger partial charge in [-0.2, -0.15) is 0 Å². The van der Waals surface area contributed by atoms with Crippen LogP contribution in [0.5, 0.6) is 0 Å². The highest BCUT2D eigenvalue weighted by atomic mass is 16.2. The molecule has 1 rings (SSSR count). The fraction of sp³-hybridized carbons (Fsp3) is 0.923. The standard InChI is InChI=1S/C13H26N2O/c1-6-13(4)7-10(13)11(16)15(5)9-12(2,3)8-14/h10H,6-9,14H2,1-5H3. The quantitative estimate of drug-likeness (QED) is 0.778. The lowest BCUT2D eigenvalue weighted by atomic mass is 9.93. The number of carbonyl (C=O) groups excluding carboxylic acids is 1. The number of nitrogens with two attached hydrogens (primary N) is 1. The van der Waals surface area contributed by atoms with Crippen LogP contribution in [0.15, 0.2) is 0 Å². The summed E-state index contributed by atoms with van der Waals surface area (Å²) in [7, 11) is 1.90. The summed E-state index contributed by atoms with van der Waals surface area (Å²) in [5.41, 5.74) is 5.97. The first-order chi connectivity index (χ1) is 7.25. The van der Waals surface area contributed by atoms with E-state index in [-0.39, 0.29) is 16.7 Å². The molecule has 0 aromatic heterocycles. The predicted octanol–water partition coefficient (Wildman–Crippen LogP) is 1.87. The van der Waals surface area contributed by atoms with E-state index >= 15 is 0 Å². The molecule has 0 saturated heterocycles. The van der Waals surface area contributed by atoms with Gasteiger partial charge in [0.05, 0.1) is 0 Å².